The lowest BCUT2D eigenvalue weighted by molar-refractivity contribution is 0.107. The Hall–Kier alpha value is -0.810. The van der Waals surface area contributed by atoms with Crippen molar-refractivity contribution >= 4 is 39.4 Å². The molecule has 0 saturated carbocycles. The number of rotatable bonds is 2. The van der Waals surface area contributed by atoms with E-state index in [2.05, 4.69) is 4.98 Å². The largest absolute Gasteiger partial charge is 0.274 e. The van der Waals surface area contributed by atoms with Gasteiger partial charge in [0.25, 0.3) is 11.7 Å². The fourth-order valence-corrected chi connectivity index (χ4v) is 2.04. The average molecular weight is 342 g/mol. The molecule has 0 aliphatic rings. The van der Waals surface area contributed by atoms with Crippen molar-refractivity contribution in [3.05, 3.63) is 26.6 Å². The van der Waals surface area contributed by atoms with Crippen LogP contribution in [0.2, 0.25) is 0 Å². The quantitative estimate of drug-likeness (QED) is 0.613. The number of nitrogens with zero attached hydrogens (tertiary/aromatic N) is 2. The van der Waals surface area contributed by atoms with Gasteiger partial charge in [-0.1, -0.05) is 0 Å². The van der Waals surface area contributed by atoms with Crippen LogP contribution in [0.25, 0.3) is 0 Å². The number of aromatic nitrogens is 1. The first-order valence-electron chi connectivity index (χ1n) is 3.55. The standard InChI is InChI=1S/C8H2ClF2IN2O/c9-7(15)6-5(12)3(1-13)4(2-14-6)8(10)11/h2,8H. The van der Waals surface area contributed by atoms with Crippen LogP contribution < -0.4 is 0 Å². The van der Waals surface area contributed by atoms with E-state index in [0.29, 0.717) is 0 Å². The SMILES string of the molecule is N#Cc1c(C(F)F)cnc(C(=O)Cl)c1I. The molecule has 0 spiro atoms. The van der Waals surface area contributed by atoms with Gasteiger partial charge in [0.1, 0.15) is 11.8 Å². The van der Waals surface area contributed by atoms with E-state index in [0.717, 1.165) is 6.20 Å². The number of halogens is 4. The number of nitriles is 1. The third kappa shape index (κ3) is 2.41. The summed E-state index contributed by atoms with van der Waals surface area (Å²) in [5.41, 5.74) is -0.939. The van der Waals surface area contributed by atoms with Gasteiger partial charge in [0.05, 0.1) is 14.7 Å². The first-order valence-corrected chi connectivity index (χ1v) is 5.01. The van der Waals surface area contributed by atoms with E-state index in [4.69, 9.17) is 16.9 Å². The fraction of sp³-hybridized carbons (Fsp3) is 0.125. The van der Waals surface area contributed by atoms with Crippen LogP contribution in [0.1, 0.15) is 28.0 Å². The van der Waals surface area contributed by atoms with Gasteiger partial charge in [0.15, 0.2) is 0 Å². The lowest BCUT2D eigenvalue weighted by Crippen LogP contribution is -2.04. The van der Waals surface area contributed by atoms with E-state index >= 15 is 0 Å². The maximum atomic E-state index is 12.4. The van der Waals surface area contributed by atoms with Crippen molar-refractivity contribution < 1.29 is 13.6 Å². The van der Waals surface area contributed by atoms with Gasteiger partial charge in [0.2, 0.25) is 0 Å². The molecule has 7 heteroatoms. The summed E-state index contributed by atoms with van der Waals surface area (Å²) in [6.07, 6.45) is -2.01. The Kier molecular flexibility index (Phi) is 3.93. The summed E-state index contributed by atoms with van der Waals surface area (Å²) < 4.78 is 24.9. The molecule has 0 amide bonds. The Labute approximate surface area is 102 Å². The maximum absolute atomic E-state index is 12.4. The summed E-state index contributed by atoms with van der Waals surface area (Å²) in [6, 6.07) is 1.60. The summed E-state index contributed by atoms with van der Waals surface area (Å²) in [7, 11) is 0. The Bertz CT molecular complexity index is 459. The average Bonchev–Trinajstić information content (AvgIpc) is 2.16. The van der Waals surface area contributed by atoms with E-state index < -0.39 is 17.2 Å². The van der Waals surface area contributed by atoms with E-state index in [1.807, 2.05) is 0 Å². The molecule has 0 unspecified atom stereocenters. The third-order valence-electron chi connectivity index (χ3n) is 1.58. The maximum Gasteiger partial charge on any atom is 0.271 e. The van der Waals surface area contributed by atoms with Crippen LogP contribution in [0.15, 0.2) is 6.20 Å². The highest BCUT2D eigenvalue weighted by atomic mass is 127. The van der Waals surface area contributed by atoms with Crippen molar-refractivity contribution in [2.75, 3.05) is 0 Å². The molecule has 0 fully saturated rings. The van der Waals surface area contributed by atoms with Crippen molar-refractivity contribution in [2.45, 2.75) is 6.43 Å². The molecular formula is C8H2ClF2IN2O. The highest BCUT2D eigenvalue weighted by Crippen LogP contribution is 2.27. The Morgan fingerprint density at radius 3 is 2.67 bits per heavy atom. The van der Waals surface area contributed by atoms with Gasteiger partial charge in [-0.15, -0.1) is 0 Å². The molecule has 0 aliphatic carbocycles. The topological polar surface area (TPSA) is 53.8 Å². The summed E-state index contributed by atoms with van der Waals surface area (Å²) in [5, 5.41) is 7.81. The zero-order chi connectivity index (χ0) is 11.6. The van der Waals surface area contributed by atoms with Gasteiger partial charge in [0, 0.05) is 6.20 Å². The summed E-state index contributed by atoms with van der Waals surface area (Å²) >= 11 is 6.76. The molecule has 1 rings (SSSR count). The predicted octanol–water partition coefficient (Wildman–Crippen LogP) is 2.87. The molecule has 0 bridgehead atoms. The second-order valence-electron chi connectivity index (χ2n) is 2.44. The van der Waals surface area contributed by atoms with Crippen molar-refractivity contribution in [2.24, 2.45) is 0 Å². The normalized spacial score (nSPS) is 10.1. The van der Waals surface area contributed by atoms with Gasteiger partial charge < -0.3 is 0 Å². The molecule has 0 atom stereocenters. The summed E-state index contributed by atoms with van der Waals surface area (Å²) in [4.78, 5) is 14.3. The molecule has 1 heterocycles. The number of carbonyl (C=O) groups is 1. The number of pyridine rings is 1. The van der Waals surface area contributed by atoms with Crippen molar-refractivity contribution in [3.63, 3.8) is 0 Å². The highest BCUT2D eigenvalue weighted by Gasteiger charge is 2.21. The molecule has 3 nitrogen and oxygen atoms in total. The zero-order valence-electron chi connectivity index (χ0n) is 6.97. The van der Waals surface area contributed by atoms with Gasteiger partial charge in [-0.2, -0.15) is 5.26 Å². The number of hydrogen-bond donors (Lipinski definition) is 0. The molecule has 78 valence electrons. The molecular weight excluding hydrogens is 340 g/mol. The van der Waals surface area contributed by atoms with Crippen LogP contribution in [-0.2, 0) is 0 Å². The molecule has 0 aromatic carbocycles. The van der Waals surface area contributed by atoms with E-state index in [1.165, 1.54) is 0 Å². The summed E-state index contributed by atoms with van der Waals surface area (Å²) in [6.45, 7) is 0. The van der Waals surface area contributed by atoms with Crippen LogP contribution in [0.4, 0.5) is 8.78 Å². The highest BCUT2D eigenvalue weighted by molar-refractivity contribution is 14.1. The number of alkyl halides is 2. The molecule has 15 heavy (non-hydrogen) atoms. The van der Waals surface area contributed by atoms with Crippen molar-refractivity contribution in [1.29, 1.82) is 5.26 Å². The van der Waals surface area contributed by atoms with Crippen LogP contribution in [0.5, 0.6) is 0 Å². The lowest BCUT2D eigenvalue weighted by atomic mass is 10.1. The van der Waals surface area contributed by atoms with Gasteiger partial charge in [-0.25, -0.2) is 8.78 Å². The van der Waals surface area contributed by atoms with Crippen LogP contribution in [0.3, 0.4) is 0 Å². The molecule has 0 N–H and O–H groups in total. The minimum absolute atomic E-state index is 0.0490. The Morgan fingerprint density at radius 1 is 1.67 bits per heavy atom. The van der Waals surface area contributed by atoms with Crippen LogP contribution in [0, 0.1) is 14.9 Å². The van der Waals surface area contributed by atoms with Crippen LogP contribution >= 0.6 is 34.2 Å². The molecule has 1 aromatic rings. The third-order valence-corrected chi connectivity index (χ3v) is 2.81. The molecule has 0 radical (unpaired) electrons. The van der Waals surface area contributed by atoms with Gasteiger partial charge in [-0.05, 0) is 34.2 Å². The van der Waals surface area contributed by atoms with Gasteiger partial charge >= 0.3 is 0 Å². The van der Waals surface area contributed by atoms with E-state index in [-0.39, 0.29) is 14.8 Å². The first kappa shape index (κ1) is 12.3. The fourth-order valence-electron chi connectivity index (χ4n) is 0.917. The smallest absolute Gasteiger partial charge is 0.271 e. The minimum atomic E-state index is -2.81. The van der Waals surface area contributed by atoms with Crippen LogP contribution in [-0.4, -0.2) is 10.2 Å². The molecule has 0 saturated heterocycles. The first-order chi connectivity index (χ1) is 6.99. The van der Waals surface area contributed by atoms with Crippen molar-refractivity contribution in [3.8, 4) is 6.07 Å². The number of carbonyl (C=O) groups excluding carboxylic acids is 1. The second kappa shape index (κ2) is 4.81. The minimum Gasteiger partial charge on any atom is -0.274 e. The predicted molar refractivity (Wildman–Crippen MR) is 56.8 cm³/mol. The van der Waals surface area contributed by atoms with E-state index in [9.17, 15) is 13.6 Å². The Morgan fingerprint density at radius 2 is 2.27 bits per heavy atom. The number of hydrogen-bond acceptors (Lipinski definition) is 3. The summed E-state index contributed by atoms with van der Waals surface area (Å²) in [5.74, 6) is 0. The second-order valence-corrected chi connectivity index (χ2v) is 3.86. The monoisotopic (exact) mass is 342 g/mol. The molecule has 0 aliphatic heterocycles. The van der Waals surface area contributed by atoms with Gasteiger partial charge in [-0.3, -0.25) is 9.78 Å². The lowest BCUT2D eigenvalue weighted by Gasteiger charge is -2.05. The Balaban J connectivity index is 3.48. The van der Waals surface area contributed by atoms with Crippen molar-refractivity contribution in [1.82, 2.24) is 4.98 Å². The zero-order valence-corrected chi connectivity index (χ0v) is 9.88. The molecule has 1 aromatic heterocycles. The van der Waals surface area contributed by atoms with E-state index in [1.54, 1.807) is 28.7 Å².